The van der Waals surface area contributed by atoms with Gasteiger partial charge in [0.2, 0.25) is 5.95 Å². The first-order chi connectivity index (χ1) is 11.7. The largest absolute Gasteiger partial charge is 0.340 e. The summed E-state index contributed by atoms with van der Waals surface area (Å²) in [6.45, 7) is 7.15. The van der Waals surface area contributed by atoms with Crippen molar-refractivity contribution in [2.45, 2.75) is 13.3 Å². The fraction of sp³-hybridized carbons (Fsp3) is 0.444. The van der Waals surface area contributed by atoms with Crippen LogP contribution in [-0.4, -0.2) is 54.1 Å². The van der Waals surface area contributed by atoms with Gasteiger partial charge in [-0.3, -0.25) is 14.7 Å². The first-order valence-electron chi connectivity index (χ1n) is 8.48. The summed E-state index contributed by atoms with van der Waals surface area (Å²) in [6.07, 6.45) is 0.611. The van der Waals surface area contributed by atoms with Crippen molar-refractivity contribution in [3.05, 3.63) is 57.5 Å². The molecule has 0 aliphatic carbocycles. The molecule has 1 aromatic carbocycles. The summed E-state index contributed by atoms with van der Waals surface area (Å²) >= 11 is 0. The number of hydrogen-bond acceptors (Lipinski definition) is 5. The molecule has 6 nitrogen and oxygen atoms in total. The molecule has 24 heavy (non-hydrogen) atoms. The topological polar surface area (TPSA) is 78.2 Å². The highest BCUT2D eigenvalue weighted by atomic mass is 16.1. The van der Waals surface area contributed by atoms with Crippen LogP contribution in [0.5, 0.6) is 0 Å². The molecule has 128 valence electrons. The summed E-state index contributed by atoms with van der Waals surface area (Å²) in [5.41, 5.74) is 8.24. The number of anilines is 1. The monoisotopic (exact) mass is 327 g/mol. The Morgan fingerprint density at radius 3 is 2.50 bits per heavy atom. The maximum Gasteiger partial charge on any atom is 0.256 e. The van der Waals surface area contributed by atoms with Crippen LogP contribution in [0.1, 0.15) is 16.8 Å². The third-order valence-corrected chi connectivity index (χ3v) is 4.55. The lowest BCUT2D eigenvalue weighted by molar-refractivity contribution is 0.263. The van der Waals surface area contributed by atoms with Crippen molar-refractivity contribution in [2.75, 3.05) is 44.2 Å². The second-order valence-corrected chi connectivity index (χ2v) is 6.23. The zero-order valence-electron chi connectivity index (χ0n) is 14.2. The Hall–Kier alpha value is -2.18. The predicted octanol–water partition coefficient (Wildman–Crippen LogP) is 0.750. The quantitative estimate of drug-likeness (QED) is 0.847. The molecule has 1 aliphatic heterocycles. The Morgan fingerprint density at radius 2 is 1.88 bits per heavy atom. The van der Waals surface area contributed by atoms with Gasteiger partial charge in [-0.1, -0.05) is 30.3 Å². The van der Waals surface area contributed by atoms with Gasteiger partial charge in [0.25, 0.3) is 5.56 Å². The lowest BCUT2D eigenvalue weighted by atomic mass is 10.1. The van der Waals surface area contributed by atoms with Crippen LogP contribution in [0, 0.1) is 6.92 Å². The van der Waals surface area contributed by atoms with Crippen LogP contribution in [0.25, 0.3) is 0 Å². The third-order valence-electron chi connectivity index (χ3n) is 4.55. The van der Waals surface area contributed by atoms with E-state index in [4.69, 9.17) is 5.73 Å². The minimum atomic E-state index is -0.0364. The Balaban J connectivity index is 1.74. The van der Waals surface area contributed by atoms with Crippen LogP contribution in [0.15, 0.2) is 35.1 Å². The number of nitrogens with two attached hydrogens (primary N) is 1. The van der Waals surface area contributed by atoms with Crippen molar-refractivity contribution in [3.8, 4) is 0 Å². The van der Waals surface area contributed by atoms with Crippen molar-refractivity contribution in [2.24, 2.45) is 5.73 Å². The molecule has 3 N–H and O–H groups in total. The van der Waals surface area contributed by atoms with Gasteiger partial charge in [0.15, 0.2) is 0 Å². The van der Waals surface area contributed by atoms with E-state index in [0.717, 1.165) is 49.5 Å². The minimum absolute atomic E-state index is 0.0364. The standard InChI is InChI=1S/C18H25N5O/c1-14-16(13-15-5-3-2-4-6-15)17(24)21-18(20-14)23-11-9-22(8-7-19)10-12-23/h2-6H,7-13,19H2,1H3,(H,20,21,24). The highest BCUT2D eigenvalue weighted by Gasteiger charge is 2.19. The minimum Gasteiger partial charge on any atom is -0.340 e. The number of benzene rings is 1. The summed E-state index contributed by atoms with van der Waals surface area (Å²) in [5, 5.41) is 0. The Kier molecular flexibility index (Phi) is 5.27. The van der Waals surface area contributed by atoms with Gasteiger partial charge in [0.05, 0.1) is 5.69 Å². The van der Waals surface area contributed by atoms with Crippen molar-refractivity contribution in [1.29, 1.82) is 0 Å². The van der Waals surface area contributed by atoms with Crippen LogP contribution in [-0.2, 0) is 6.42 Å². The van der Waals surface area contributed by atoms with Gasteiger partial charge in [-0.25, -0.2) is 4.98 Å². The van der Waals surface area contributed by atoms with E-state index in [0.29, 0.717) is 18.9 Å². The second kappa shape index (κ2) is 7.59. The second-order valence-electron chi connectivity index (χ2n) is 6.23. The lowest BCUT2D eigenvalue weighted by Gasteiger charge is -2.34. The molecule has 1 aliphatic rings. The third kappa shape index (κ3) is 3.83. The molecule has 2 heterocycles. The predicted molar refractivity (Wildman–Crippen MR) is 96.6 cm³/mol. The molecule has 0 bridgehead atoms. The molecule has 1 fully saturated rings. The van der Waals surface area contributed by atoms with E-state index >= 15 is 0 Å². The van der Waals surface area contributed by atoms with Crippen molar-refractivity contribution >= 4 is 5.95 Å². The van der Waals surface area contributed by atoms with Crippen LogP contribution in [0.3, 0.4) is 0 Å². The summed E-state index contributed by atoms with van der Waals surface area (Å²) < 4.78 is 0. The van der Waals surface area contributed by atoms with Crippen molar-refractivity contribution < 1.29 is 0 Å². The van der Waals surface area contributed by atoms with Gasteiger partial charge in [-0.15, -0.1) is 0 Å². The van der Waals surface area contributed by atoms with Crippen molar-refractivity contribution in [1.82, 2.24) is 14.9 Å². The summed E-state index contributed by atoms with van der Waals surface area (Å²) in [7, 11) is 0. The van der Waals surface area contributed by atoms with Gasteiger partial charge in [0, 0.05) is 51.3 Å². The molecule has 0 unspecified atom stereocenters. The van der Waals surface area contributed by atoms with Crippen LogP contribution in [0.2, 0.25) is 0 Å². The van der Waals surface area contributed by atoms with Crippen LogP contribution < -0.4 is 16.2 Å². The number of nitrogens with one attached hydrogen (secondary N) is 1. The normalized spacial score (nSPS) is 15.7. The lowest BCUT2D eigenvalue weighted by Crippen LogP contribution is -2.48. The number of rotatable bonds is 5. The number of H-pyrrole nitrogens is 1. The van der Waals surface area contributed by atoms with E-state index in [1.807, 2.05) is 37.3 Å². The molecule has 6 heteroatoms. The molecular formula is C18H25N5O. The molecule has 3 rings (SSSR count). The summed E-state index contributed by atoms with van der Waals surface area (Å²) in [6, 6.07) is 10.0. The smallest absolute Gasteiger partial charge is 0.256 e. The van der Waals surface area contributed by atoms with Gasteiger partial charge in [-0.2, -0.15) is 0 Å². The Bertz CT molecular complexity index is 720. The first kappa shape index (κ1) is 16.7. The zero-order chi connectivity index (χ0) is 16.9. The SMILES string of the molecule is Cc1nc(N2CCN(CCN)CC2)[nH]c(=O)c1Cc1ccccc1. The van der Waals surface area contributed by atoms with E-state index in [-0.39, 0.29) is 5.56 Å². The van der Waals surface area contributed by atoms with E-state index in [9.17, 15) is 4.79 Å². The highest BCUT2D eigenvalue weighted by molar-refractivity contribution is 5.35. The van der Waals surface area contributed by atoms with Crippen LogP contribution >= 0.6 is 0 Å². The van der Waals surface area contributed by atoms with Crippen LogP contribution in [0.4, 0.5) is 5.95 Å². The number of hydrogen-bond donors (Lipinski definition) is 2. The Morgan fingerprint density at radius 1 is 1.17 bits per heavy atom. The first-order valence-corrected chi connectivity index (χ1v) is 8.48. The number of aryl methyl sites for hydroxylation is 1. The van der Waals surface area contributed by atoms with Crippen molar-refractivity contribution in [3.63, 3.8) is 0 Å². The molecule has 1 aromatic heterocycles. The average Bonchev–Trinajstić information content (AvgIpc) is 2.60. The maximum absolute atomic E-state index is 12.5. The Labute approximate surface area is 142 Å². The molecule has 0 amide bonds. The number of aromatic amines is 1. The van der Waals surface area contributed by atoms with E-state index in [2.05, 4.69) is 19.8 Å². The average molecular weight is 327 g/mol. The maximum atomic E-state index is 12.5. The fourth-order valence-corrected chi connectivity index (χ4v) is 3.12. The fourth-order valence-electron chi connectivity index (χ4n) is 3.12. The molecule has 0 atom stereocenters. The number of aromatic nitrogens is 2. The molecular weight excluding hydrogens is 302 g/mol. The summed E-state index contributed by atoms with van der Waals surface area (Å²) in [5.74, 6) is 0.682. The molecule has 2 aromatic rings. The molecule has 0 saturated carbocycles. The summed E-state index contributed by atoms with van der Waals surface area (Å²) in [4.78, 5) is 24.6. The van der Waals surface area contributed by atoms with Gasteiger partial charge in [-0.05, 0) is 12.5 Å². The molecule has 0 spiro atoms. The number of nitrogens with zero attached hydrogens (tertiary/aromatic N) is 3. The van der Waals surface area contributed by atoms with E-state index in [1.54, 1.807) is 0 Å². The van der Waals surface area contributed by atoms with E-state index < -0.39 is 0 Å². The zero-order valence-corrected chi connectivity index (χ0v) is 14.2. The van der Waals surface area contributed by atoms with Gasteiger partial charge >= 0.3 is 0 Å². The highest BCUT2D eigenvalue weighted by Crippen LogP contribution is 2.13. The molecule has 0 radical (unpaired) electrons. The molecule has 1 saturated heterocycles. The van der Waals surface area contributed by atoms with Gasteiger partial charge < -0.3 is 10.6 Å². The van der Waals surface area contributed by atoms with E-state index in [1.165, 1.54) is 0 Å². The van der Waals surface area contributed by atoms with Gasteiger partial charge in [0.1, 0.15) is 0 Å². The number of piperazine rings is 1.